The lowest BCUT2D eigenvalue weighted by Gasteiger charge is -2.29. The number of rotatable bonds is 6. The van der Waals surface area contributed by atoms with Crippen molar-refractivity contribution in [1.29, 1.82) is 0 Å². The van der Waals surface area contributed by atoms with Gasteiger partial charge in [-0.1, -0.05) is 0 Å². The molecule has 0 aliphatic heterocycles. The molecule has 1 aliphatic carbocycles. The summed E-state index contributed by atoms with van der Waals surface area (Å²) in [5, 5.41) is 4.08. The van der Waals surface area contributed by atoms with Gasteiger partial charge in [-0.15, -0.1) is 0 Å². The first-order valence-electron chi connectivity index (χ1n) is 12.2. The molecule has 1 amide bonds. The molecule has 0 unspecified atom stereocenters. The predicted molar refractivity (Wildman–Crippen MR) is 136 cm³/mol. The molecule has 4 aromatic rings. The molecule has 6 heteroatoms. The summed E-state index contributed by atoms with van der Waals surface area (Å²) < 4.78 is 19.1. The molecule has 0 atom stereocenters. The number of benzene rings is 2. The Kier molecular flexibility index (Phi) is 6.53. The zero-order chi connectivity index (χ0) is 24.4. The number of H-pyrrole nitrogens is 1. The Labute approximate surface area is 204 Å². The van der Waals surface area contributed by atoms with Crippen molar-refractivity contribution >= 4 is 16.8 Å². The van der Waals surface area contributed by atoms with Crippen LogP contribution in [0.4, 0.5) is 4.39 Å². The molecule has 35 heavy (non-hydrogen) atoms. The Morgan fingerprint density at radius 3 is 2.60 bits per heavy atom. The normalized spacial score (nSPS) is 17.9. The van der Waals surface area contributed by atoms with Gasteiger partial charge in [0.2, 0.25) is 0 Å². The summed E-state index contributed by atoms with van der Waals surface area (Å²) in [6.45, 7) is 2.61. The van der Waals surface area contributed by atoms with Gasteiger partial charge in [0, 0.05) is 23.8 Å². The van der Waals surface area contributed by atoms with E-state index in [-0.39, 0.29) is 11.7 Å². The van der Waals surface area contributed by atoms with Gasteiger partial charge in [-0.25, -0.2) is 4.39 Å². The molecule has 2 heterocycles. The maximum Gasteiger partial charge on any atom is 0.253 e. The number of hydrogen-bond donors (Lipinski definition) is 2. The van der Waals surface area contributed by atoms with E-state index in [1.165, 1.54) is 11.6 Å². The molecule has 1 aliphatic rings. The largest absolute Gasteiger partial charge is 0.497 e. The number of nitrogens with zero attached hydrogens (tertiary/aromatic N) is 1. The van der Waals surface area contributed by atoms with Crippen LogP contribution in [-0.4, -0.2) is 29.5 Å². The van der Waals surface area contributed by atoms with Gasteiger partial charge in [0.15, 0.2) is 0 Å². The fourth-order valence-electron chi connectivity index (χ4n) is 5.26. The third-order valence-corrected chi connectivity index (χ3v) is 7.15. The fraction of sp³-hybridized carbons (Fsp3) is 0.310. The molecule has 1 saturated carbocycles. The topological polar surface area (TPSA) is 67.0 Å². The maximum absolute atomic E-state index is 13.9. The van der Waals surface area contributed by atoms with Gasteiger partial charge in [-0.3, -0.25) is 9.78 Å². The molecule has 0 spiro atoms. The van der Waals surface area contributed by atoms with Crippen LogP contribution in [0.3, 0.4) is 0 Å². The summed E-state index contributed by atoms with van der Waals surface area (Å²) in [5.41, 5.74) is 5.40. The number of amides is 1. The van der Waals surface area contributed by atoms with E-state index in [1.807, 2.05) is 49.5 Å². The van der Waals surface area contributed by atoms with Crippen molar-refractivity contribution in [2.75, 3.05) is 13.7 Å². The second kappa shape index (κ2) is 9.90. The van der Waals surface area contributed by atoms with Crippen molar-refractivity contribution in [3.05, 3.63) is 83.4 Å². The molecule has 2 aromatic heterocycles. The standard InChI is InChI=1S/C29H30FN3O2/c1-18-15-26(28(33-18)21-7-10-23(35-2)11-8-21)29(34)32-17-19-3-5-20(6-4-19)24-13-14-31-27-12-9-22(30)16-25(24)27/h7-16,19-20,33H,3-6,17H2,1-2H3,(H,32,34). The number of carbonyl (C=O) groups excluding carboxylic acids is 1. The van der Waals surface area contributed by atoms with Crippen molar-refractivity contribution in [2.24, 2.45) is 5.92 Å². The van der Waals surface area contributed by atoms with E-state index in [0.29, 0.717) is 23.9 Å². The highest BCUT2D eigenvalue weighted by Gasteiger charge is 2.25. The van der Waals surface area contributed by atoms with E-state index in [1.54, 1.807) is 19.2 Å². The number of hydrogen-bond acceptors (Lipinski definition) is 3. The first kappa shape index (κ1) is 23.1. The molecule has 1 fully saturated rings. The SMILES string of the molecule is COc1ccc(-c2[nH]c(C)cc2C(=O)NCC2CCC(c3ccnc4ccc(F)cc34)CC2)cc1. The van der Waals surface area contributed by atoms with Crippen molar-refractivity contribution in [1.82, 2.24) is 15.3 Å². The van der Waals surface area contributed by atoms with Crippen molar-refractivity contribution in [2.45, 2.75) is 38.5 Å². The van der Waals surface area contributed by atoms with Crippen LogP contribution < -0.4 is 10.1 Å². The number of carbonyl (C=O) groups is 1. The minimum atomic E-state index is -0.225. The second-order valence-corrected chi connectivity index (χ2v) is 9.46. The minimum absolute atomic E-state index is 0.0575. The average Bonchev–Trinajstić information content (AvgIpc) is 3.29. The van der Waals surface area contributed by atoms with Gasteiger partial charge in [-0.2, -0.15) is 0 Å². The molecule has 2 N–H and O–H groups in total. The minimum Gasteiger partial charge on any atom is -0.497 e. The quantitative estimate of drug-likeness (QED) is 0.342. The van der Waals surface area contributed by atoms with Crippen LogP contribution >= 0.6 is 0 Å². The highest BCUT2D eigenvalue weighted by Crippen LogP contribution is 2.38. The van der Waals surface area contributed by atoms with E-state index < -0.39 is 0 Å². The van der Waals surface area contributed by atoms with Crippen LogP contribution in [0, 0.1) is 18.7 Å². The number of pyridine rings is 1. The van der Waals surface area contributed by atoms with Crippen LogP contribution in [0.2, 0.25) is 0 Å². The number of methoxy groups -OCH3 is 1. The number of halogens is 1. The lowest BCUT2D eigenvalue weighted by atomic mass is 9.78. The summed E-state index contributed by atoms with van der Waals surface area (Å²) in [6.07, 6.45) is 5.93. The summed E-state index contributed by atoms with van der Waals surface area (Å²) >= 11 is 0. The second-order valence-electron chi connectivity index (χ2n) is 9.46. The zero-order valence-corrected chi connectivity index (χ0v) is 20.1. The number of nitrogens with one attached hydrogen (secondary N) is 2. The van der Waals surface area contributed by atoms with E-state index in [4.69, 9.17) is 4.74 Å². The monoisotopic (exact) mass is 471 g/mol. The van der Waals surface area contributed by atoms with Crippen LogP contribution in [0.15, 0.2) is 60.8 Å². The summed E-state index contributed by atoms with van der Waals surface area (Å²) in [5.74, 6) is 1.33. The predicted octanol–water partition coefficient (Wildman–Crippen LogP) is 6.39. The first-order chi connectivity index (χ1) is 17.0. The Bertz CT molecular complexity index is 1340. The van der Waals surface area contributed by atoms with Crippen LogP contribution in [0.5, 0.6) is 5.75 Å². The number of aryl methyl sites for hydroxylation is 1. The van der Waals surface area contributed by atoms with Crippen LogP contribution in [-0.2, 0) is 0 Å². The molecule has 0 saturated heterocycles. The molecule has 0 bridgehead atoms. The molecule has 5 rings (SSSR count). The van der Waals surface area contributed by atoms with Crippen LogP contribution in [0.25, 0.3) is 22.2 Å². The third-order valence-electron chi connectivity index (χ3n) is 7.15. The van der Waals surface area contributed by atoms with Gasteiger partial charge in [-0.05, 0) is 110 Å². The van der Waals surface area contributed by atoms with Gasteiger partial charge in [0.05, 0.1) is 23.9 Å². The Morgan fingerprint density at radius 2 is 1.86 bits per heavy atom. The molecule has 0 radical (unpaired) electrons. The van der Waals surface area contributed by atoms with Crippen molar-refractivity contribution < 1.29 is 13.9 Å². The van der Waals surface area contributed by atoms with E-state index in [2.05, 4.69) is 15.3 Å². The van der Waals surface area contributed by atoms with Crippen molar-refractivity contribution in [3.8, 4) is 17.0 Å². The highest BCUT2D eigenvalue weighted by atomic mass is 19.1. The highest BCUT2D eigenvalue weighted by molar-refractivity contribution is 6.00. The lowest BCUT2D eigenvalue weighted by molar-refractivity contribution is 0.0943. The Hall–Kier alpha value is -3.67. The summed E-state index contributed by atoms with van der Waals surface area (Å²) in [7, 11) is 1.64. The van der Waals surface area contributed by atoms with Gasteiger partial charge < -0.3 is 15.0 Å². The smallest absolute Gasteiger partial charge is 0.253 e. The molecule has 5 nitrogen and oxygen atoms in total. The lowest BCUT2D eigenvalue weighted by Crippen LogP contribution is -2.31. The number of aromatic nitrogens is 2. The summed E-state index contributed by atoms with van der Waals surface area (Å²) in [4.78, 5) is 20.8. The molecular formula is C29H30FN3O2. The van der Waals surface area contributed by atoms with E-state index in [0.717, 1.165) is 59.3 Å². The van der Waals surface area contributed by atoms with Gasteiger partial charge >= 0.3 is 0 Å². The summed E-state index contributed by atoms with van der Waals surface area (Å²) in [6, 6.07) is 16.4. The molecule has 2 aromatic carbocycles. The van der Waals surface area contributed by atoms with Crippen LogP contribution in [0.1, 0.15) is 53.2 Å². The van der Waals surface area contributed by atoms with E-state index in [9.17, 15) is 9.18 Å². The average molecular weight is 472 g/mol. The first-order valence-corrected chi connectivity index (χ1v) is 12.2. The number of ether oxygens (including phenoxy) is 1. The molecule has 180 valence electrons. The maximum atomic E-state index is 13.9. The Balaban J connectivity index is 1.22. The van der Waals surface area contributed by atoms with Crippen molar-refractivity contribution in [3.63, 3.8) is 0 Å². The Morgan fingerprint density at radius 1 is 1.09 bits per heavy atom. The van der Waals surface area contributed by atoms with E-state index >= 15 is 0 Å². The zero-order valence-electron chi connectivity index (χ0n) is 20.1. The van der Waals surface area contributed by atoms with Gasteiger partial charge in [0.1, 0.15) is 11.6 Å². The third kappa shape index (κ3) is 4.92. The number of aromatic amines is 1. The molecular weight excluding hydrogens is 441 g/mol. The number of fused-ring (bicyclic) bond motifs is 1. The fourth-order valence-corrected chi connectivity index (χ4v) is 5.26. The van der Waals surface area contributed by atoms with Gasteiger partial charge in [0.25, 0.3) is 5.91 Å².